The first kappa shape index (κ1) is 11.2. The van der Waals surface area contributed by atoms with E-state index in [-0.39, 0.29) is 5.91 Å². The van der Waals surface area contributed by atoms with Gasteiger partial charge in [-0.05, 0) is 37.4 Å². The number of hydrogen-bond donors (Lipinski definition) is 2. The molecule has 1 aromatic heterocycles. The number of thiophene rings is 1. The molecule has 0 saturated carbocycles. The van der Waals surface area contributed by atoms with Crippen molar-refractivity contribution in [3.8, 4) is 0 Å². The number of rotatable bonds is 5. The van der Waals surface area contributed by atoms with Gasteiger partial charge in [0.05, 0.1) is 6.54 Å². The predicted octanol–water partition coefficient (Wildman–Crippen LogP) is 0.935. The Morgan fingerprint density at radius 1 is 1.57 bits per heavy atom. The summed E-state index contributed by atoms with van der Waals surface area (Å²) in [5, 5.41) is 7.75. The molecule has 14 heavy (non-hydrogen) atoms. The third-order valence-corrected chi connectivity index (χ3v) is 3.06. The van der Waals surface area contributed by atoms with Crippen LogP contribution in [0.4, 0.5) is 0 Å². The van der Waals surface area contributed by atoms with Crippen LogP contribution in [0.5, 0.6) is 0 Å². The van der Waals surface area contributed by atoms with Gasteiger partial charge in [0.1, 0.15) is 0 Å². The number of carbonyl (C=O) groups excluding carboxylic acids is 1. The third-order valence-electron chi connectivity index (χ3n) is 1.98. The van der Waals surface area contributed by atoms with E-state index in [0.717, 1.165) is 13.0 Å². The molecule has 0 unspecified atom stereocenters. The molecule has 0 aliphatic heterocycles. The molecule has 0 aliphatic rings. The molecule has 2 N–H and O–H groups in total. The molecule has 0 aliphatic carbocycles. The van der Waals surface area contributed by atoms with Crippen LogP contribution < -0.4 is 10.6 Å². The van der Waals surface area contributed by atoms with E-state index >= 15 is 0 Å². The molecule has 1 rings (SSSR count). The smallest absolute Gasteiger partial charge is 0.233 e. The highest BCUT2D eigenvalue weighted by atomic mass is 32.1. The lowest BCUT2D eigenvalue weighted by atomic mass is 10.2. The zero-order valence-electron chi connectivity index (χ0n) is 8.59. The van der Waals surface area contributed by atoms with Crippen LogP contribution in [0.25, 0.3) is 0 Å². The lowest BCUT2D eigenvalue weighted by Crippen LogP contribution is -2.33. The minimum Gasteiger partial charge on any atom is -0.355 e. The van der Waals surface area contributed by atoms with Gasteiger partial charge in [-0.15, -0.1) is 11.3 Å². The molecule has 1 aromatic rings. The largest absolute Gasteiger partial charge is 0.355 e. The van der Waals surface area contributed by atoms with Crippen molar-refractivity contribution in [1.29, 1.82) is 0 Å². The molecular formula is C10H16N2OS. The summed E-state index contributed by atoms with van der Waals surface area (Å²) in [4.78, 5) is 12.4. The first-order valence-electron chi connectivity index (χ1n) is 4.68. The minimum atomic E-state index is 0.0571. The van der Waals surface area contributed by atoms with E-state index in [2.05, 4.69) is 29.0 Å². The van der Waals surface area contributed by atoms with E-state index in [9.17, 15) is 4.79 Å². The SMILES string of the molecule is CNCC(=O)NCCc1sccc1C. The summed E-state index contributed by atoms with van der Waals surface area (Å²) in [5.41, 5.74) is 1.32. The number of carbonyl (C=O) groups is 1. The van der Waals surface area contributed by atoms with E-state index in [1.165, 1.54) is 10.4 Å². The molecule has 0 atom stereocenters. The molecule has 1 heterocycles. The fraction of sp³-hybridized carbons (Fsp3) is 0.500. The summed E-state index contributed by atoms with van der Waals surface area (Å²) in [5.74, 6) is 0.0571. The highest BCUT2D eigenvalue weighted by Gasteiger charge is 2.01. The van der Waals surface area contributed by atoms with Crippen LogP contribution >= 0.6 is 11.3 Å². The Bertz CT molecular complexity index is 296. The van der Waals surface area contributed by atoms with Crippen LogP contribution in [-0.4, -0.2) is 26.0 Å². The lowest BCUT2D eigenvalue weighted by Gasteiger charge is -2.03. The van der Waals surface area contributed by atoms with Crippen molar-refractivity contribution in [2.75, 3.05) is 20.1 Å². The fourth-order valence-electron chi connectivity index (χ4n) is 1.20. The van der Waals surface area contributed by atoms with Crippen molar-refractivity contribution >= 4 is 17.2 Å². The summed E-state index contributed by atoms with van der Waals surface area (Å²) in [6.45, 7) is 3.21. The molecule has 0 saturated heterocycles. The van der Waals surface area contributed by atoms with Gasteiger partial charge in [-0.25, -0.2) is 0 Å². The van der Waals surface area contributed by atoms with Gasteiger partial charge in [-0.1, -0.05) is 0 Å². The fourth-order valence-corrected chi connectivity index (χ4v) is 2.11. The molecule has 78 valence electrons. The van der Waals surface area contributed by atoms with Gasteiger partial charge in [0.2, 0.25) is 5.91 Å². The number of likely N-dealkylation sites (N-methyl/N-ethyl adjacent to an activating group) is 1. The normalized spacial score (nSPS) is 10.1. The van der Waals surface area contributed by atoms with E-state index in [0.29, 0.717) is 6.54 Å². The van der Waals surface area contributed by atoms with Crippen molar-refractivity contribution in [1.82, 2.24) is 10.6 Å². The van der Waals surface area contributed by atoms with Crippen LogP contribution in [0.2, 0.25) is 0 Å². The van der Waals surface area contributed by atoms with Gasteiger partial charge in [0.15, 0.2) is 0 Å². The Balaban J connectivity index is 2.22. The summed E-state index contributed by atoms with van der Waals surface area (Å²) in [6.07, 6.45) is 0.930. The second kappa shape index (κ2) is 5.78. The van der Waals surface area contributed by atoms with Gasteiger partial charge in [0, 0.05) is 11.4 Å². The summed E-state index contributed by atoms with van der Waals surface area (Å²) in [6, 6.07) is 2.11. The average molecular weight is 212 g/mol. The summed E-state index contributed by atoms with van der Waals surface area (Å²) < 4.78 is 0. The highest BCUT2D eigenvalue weighted by Crippen LogP contribution is 2.15. The Hall–Kier alpha value is -0.870. The maximum atomic E-state index is 11.1. The average Bonchev–Trinajstić information content (AvgIpc) is 2.52. The number of nitrogens with one attached hydrogen (secondary N) is 2. The van der Waals surface area contributed by atoms with Crippen molar-refractivity contribution in [3.63, 3.8) is 0 Å². The molecule has 0 fully saturated rings. The molecule has 0 radical (unpaired) electrons. The Labute approximate surface area is 88.5 Å². The Kier molecular flexibility index (Phi) is 4.62. The molecule has 1 amide bonds. The molecule has 0 aromatic carbocycles. The number of amides is 1. The van der Waals surface area contributed by atoms with Crippen LogP contribution in [0.3, 0.4) is 0 Å². The van der Waals surface area contributed by atoms with E-state index in [1.807, 2.05) is 0 Å². The van der Waals surface area contributed by atoms with Crippen molar-refractivity contribution < 1.29 is 4.79 Å². The van der Waals surface area contributed by atoms with Crippen molar-refractivity contribution in [2.45, 2.75) is 13.3 Å². The lowest BCUT2D eigenvalue weighted by molar-refractivity contribution is -0.120. The maximum absolute atomic E-state index is 11.1. The van der Waals surface area contributed by atoms with E-state index in [4.69, 9.17) is 0 Å². The number of aryl methyl sites for hydroxylation is 1. The standard InChI is InChI=1S/C10H16N2OS/c1-8-4-6-14-9(8)3-5-12-10(13)7-11-2/h4,6,11H,3,5,7H2,1-2H3,(H,12,13). The van der Waals surface area contributed by atoms with Gasteiger partial charge in [-0.2, -0.15) is 0 Å². The molecule has 4 heteroatoms. The van der Waals surface area contributed by atoms with Crippen molar-refractivity contribution in [3.05, 3.63) is 21.9 Å². The van der Waals surface area contributed by atoms with Crippen molar-refractivity contribution in [2.24, 2.45) is 0 Å². The molecule has 0 bridgehead atoms. The van der Waals surface area contributed by atoms with Gasteiger partial charge in [-0.3, -0.25) is 4.79 Å². The first-order valence-corrected chi connectivity index (χ1v) is 5.56. The minimum absolute atomic E-state index is 0.0571. The monoisotopic (exact) mass is 212 g/mol. The van der Waals surface area contributed by atoms with Crippen LogP contribution in [0.1, 0.15) is 10.4 Å². The predicted molar refractivity (Wildman–Crippen MR) is 59.7 cm³/mol. The summed E-state index contributed by atoms with van der Waals surface area (Å²) in [7, 11) is 1.77. The van der Waals surface area contributed by atoms with Crippen LogP contribution in [0.15, 0.2) is 11.4 Å². The topological polar surface area (TPSA) is 41.1 Å². The van der Waals surface area contributed by atoms with Gasteiger partial charge in [0.25, 0.3) is 0 Å². The number of hydrogen-bond acceptors (Lipinski definition) is 3. The first-order chi connectivity index (χ1) is 6.74. The van der Waals surface area contributed by atoms with E-state index in [1.54, 1.807) is 18.4 Å². The Morgan fingerprint density at radius 3 is 2.93 bits per heavy atom. The summed E-state index contributed by atoms with van der Waals surface area (Å²) >= 11 is 1.75. The zero-order valence-corrected chi connectivity index (χ0v) is 9.41. The third kappa shape index (κ3) is 3.47. The van der Waals surface area contributed by atoms with Crippen LogP contribution in [0, 0.1) is 6.92 Å². The highest BCUT2D eigenvalue weighted by molar-refractivity contribution is 7.10. The molecule has 0 spiro atoms. The second-order valence-corrected chi connectivity index (χ2v) is 4.16. The van der Waals surface area contributed by atoms with E-state index < -0.39 is 0 Å². The second-order valence-electron chi connectivity index (χ2n) is 3.16. The molecule has 3 nitrogen and oxygen atoms in total. The maximum Gasteiger partial charge on any atom is 0.233 e. The van der Waals surface area contributed by atoms with Crippen LogP contribution in [-0.2, 0) is 11.2 Å². The zero-order chi connectivity index (χ0) is 10.4. The quantitative estimate of drug-likeness (QED) is 0.762. The van der Waals surface area contributed by atoms with Gasteiger partial charge < -0.3 is 10.6 Å². The molecular weight excluding hydrogens is 196 g/mol. The Morgan fingerprint density at radius 2 is 2.36 bits per heavy atom. The van der Waals surface area contributed by atoms with Gasteiger partial charge >= 0.3 is 0 Å².